The van der Waals surface area contributed by atoms with Crippen molar-refractivity contribution < 1.29 is 4.42 Å². The maximum Gasteiger partial charge on any atom is 0.146 e. The van der Waals surface area contributed by atoms with Crippen LogP contribution < -0.4 is 10.6 Å². The van der Waals surface area contributed by atoms with Crippen LogP contribution in [0.1, 0.15) is 6.92 Å². The fraction of sp³-hybridized carbons (Fsp3) is 0.0250. The van der Waals surface area contributed by atoms with Gasteiger partial charge in [-0.25, -0.2) is 4.98 Å². The van der Waals surface area contributed by atoms with Crippen molar-refractivity contribution in [1.82, 2.24) is 4.98 Å². The molecular weight excluding hydrogens is 510 g/mol. The van der Waals surface area contributed by atoms with Gasteiger partial charge < -0.3 is 4.42 Å². The molecule has 0 fully saturated rings. The van der Waals surface area contributed by atoms with Crippen molar-refractivity contribution in [3.05, 3.63) is 138 Å². The predicted molar refractivity (Wildman–Crippen MR) is 178 cm³/mol. The van der Waals surface area contributed by atoms with Crippen LogP contribution in [0.5, 0.6) is 0 Å². The number of aromatic nitrogens is 1. The Kier molecular flexibility index (Phi) is 5.55. The first-order chi connectivity index (χ1) is 20.8. The Morgan fingerprint density at radius 1 is 0.619 bits per heavy atom. The van der Waals surface area contributed by atoms with E-state index in [-0.39, 0.29) is 0 Å². The van der Waals surface area contributed by atoms with E-state index in [4.69, 9.17) is 9.40 Å². The van der Waals surface area contributed by atoms with Crippen LogP contribution in [0.2, 0.25) is 0 Å². The van der Waals surface area contributed by atoms with Gasteiger partial charge in [-0.2, -0.15) is 0 Å². The Balaban J connectivity index is 1.58. The zero-order valence-electron chi connectivity index (χ0n) is 23.3. The van der Waals surface area contributed by atoms with Crippen LogP contribution in [0.15, 0.2) is 132 Å². The van der Waals surface area contributed by atoms with Gasteiger partial charge in [0.25, 0.3) is 0 Å². The summed E-state index contributed by atoms with van der Waals surface area (Å²) in [5.74, 6) is 0.829. The van der Waals surface area contributed by atoms with Gasteiger partial charge in [0.1, 0.15) is 11.3 Å². The van der Waals surface area contributed by atoms with Crippen molar-refractivity contribution in [2.45, 2.75) is 6.92 Å². The summed E-state index contributed by atoms with van der Waals surface area (Å²) >= 11 is 0. The summed E-state index contributed by atoms with van der Waals surface area (Å²) in [6.07, 6.45) is 5.95. The fourth-order valence-electron chi connectivity index (χ4n) is 6.54. The summed E-state index contributed by atoms with van der Waals surface area (Å²) in [5.41, 5.74) is 6.28. The van der Waals surface area contributed by atoms with Crippen LogP contribution in [0.3, 0.4) is 0 Å². The van der Waals surface area contributed by atoms with Gasteiger partial charge in [0, 0.05) is 16.2 Å². The molecule has 0 saturated heterocycles. The molecule has 2 nitrogen and oxygen atoms in total. The van der Waals surface area contributed by atoms with E-state index < -0.39 is 0 Å². The van der Waals surface area contributed by atoms with E-state index in [1.165, 1.54) is 32.7 Å². The number of hydrogen-bond donors (Lipinski definition) is 0. The molecule has 6 aromatic rings. The van der Waals surface area contributed by atoms with Crippen molar-refractivity contribution in [3.8, 4) is 33.7 Å². The summed E-state index contributed by atoms with van der Waals surface area (Å²) < 4.78 is 6.92. The molecule has 0 aliphatic carbocycles. The minimum absolute atomic E-state index is 0.817. The predicted octanol–water partition coefficient (Wildman–Crippen LogP) is 9.49. The summed E-state index contributed by atoms with van der Waals surface area (Å²) in [5, 5.41) is 10.1. The lowest BCUT2D eigenvalue weighted by Gasteiger charge is -2.19. The van der Waals surface area contributed by atoms with E-state index in [0.29, 0.717) is 0 Å². The van der Waals surface area contributed by atoms with Crippen molar-refractivity contribution in [2.75, 3.05) is 0 Å². The molecule has 8 rings (SSSR count). The third-order valence-electron chi connectivity index (χ3n) is 8.35. The van der Waals surface area contributed by atoms with Gasteiger partial charge >= 0.3 is 0 Å². The number of nitrogens with zero attached hydrogens (tertiary/aromatic N) is 1. The van der Waals surface area contributed by atoms with E-state index >= 15 is 0 Å². The Morgan fingerprint density at radius 2 is 1.21 bits per heavy atom. The van der Waals surface area contributed by atoms with Crippen LogP contribution in [0.4, 0.5) is 0 Å². The molecule has 0 N–H and O–H groups in total. The second kappa shape index (κ2) is 9.57. The maximum absolute atomic E-state index is 6.92. The zero-order chi connectivity index (χ0) is 28.2. The number of benzene rings is 6. The highest BCUT2D eigenvalue weighted by atomic mass is 16.3. The van der Waals surface area contributed by atoms with Gasteiger partial charge in [-0.05, 0) is 68.6 Å². The highest BCUT2D eigenvalue weighted by molar-refractivity contribution is 6.22. The first kappa shape index (κ1) is 24.3. The SMILES string of the molecule is C=C/C=c1/c2c(-c3c4ccccc4c(-c4ccc5ccccc5c4)c4ccccc34)oc3ccccc3c-2n/c1=C/C. The summed E-state index contributed by atoms with van der Waals surface area (Å²) in [7, 11) is 0. The molecule has 2 aliphatic rings. The lowest BCUT2D eigenvalue weighted by molar-refractivity contribution is 0.622. The molecule has 6 aromatic carbocycles. The highest BCUT2D eigenvalue weighted by Gasteiger charge is 2.25. The average Bonchev–Trinajstić information content (AvgIpc) is 3.42. The monoisotopic (exact) mass is 537 g/mol. The maximum atomic E-state index is 6.92. The zero-order valence-corrected chi connectivity index (χ0v) is 23.3. The van der Waals surface area contributed by atoms with Crippen LogP contribution in [0.25, 0.3) is 89.1 Å². The number of allylic oxidation sites excluding steroid dienone is 1. The van der Waals surface area contributed by atoms with Gasteiger partial charge in [0.2, 0.25) is 0 Å². The van der Waals surface area contributed by atoms with Crippen LogP contribution in [-0.4, -0.2) is 4.98 Å². The topological polar surface area (TPSA) is 26.0 Å². The number of hydrogen-bond acceptors (Lipinski definition) is 2. The van der Waals surface area contributed by atoms with E-state index in [9.17, 15) is 0 Å². The Labute approximate surface area is 243 Å². The van der Waals surface area contributed by atoms with E-state index in [1.54, 1.807) is 0 Å². The second-order valence-electron chi connectivity index (χ2n) is 10.7. The van der Waals surface area contributed by atoms with E-state index in [1.807, 2.05) is 37.3 Å². The minimum Gasteiger partial charge on any atom is -0.455 e. The third-order valence-corrected chi connectivity index (χ3v) is 8.35. The molecule has 0 atom stereocenters. The summed E-state index contributed by atoms with van der Waals surface area (Å²) in [4.78, 5) is 5.12. The van der Waals surface area contributed by atoms with Crippen LogP contribution >= 0.6 is 0 Å². The summed E-state index contributed by atoms with van der Waals surface area (Å²) in [6, 6.07) is 40.9. The van der Waals surface area contributed by atoms with Gasteiger partial charge in [0.05, 0.1) is 16.6 Å². The molecule has 0 saturated carbocycles. The normalized spacial score (nSPS) is 12.8. The van der Waals surface area contributed by atoms with Crippen molar-refractivity contribution in [1.29, 1.82) is 0 Å². The lowest BCUT2D eigenvalue weighted by Crippen LogP contribution is -2.22. The Hall–Kier alpha value is -5.47. The lowest BCUT2D eigenvalue weighted by atomic mass is 9.85. The molecule has 0 radical (unpaired) electrons. The molecule has 0 amide bonds. The fourth-order valence-corrected chi connectivity index (χ4v) is 6.54. The molecule has 0 unspecified atom stereocenters. The Bertz CT molecular complexity index is 2390. The van der Waals surface area contributed by atoms with Gasteiger partial charge in [-0.1, -0.05) is 122 Å². The minimum atomic E-state index is 0.817. The van der Waals surface area contributed by atoms with Crippen LogP contribution in [-0.2, 0) is 0 Å². The van der Waals surface area contributed by atoms with E-state index in [0.717, 1.165) is 54.9 Å². The molecule has 42 heavy (non-hydrogen) atoms. The smallest absolute Gasteiger partial charge is 0.146 e. The van der Waals surface area contributed by atoms with Gasteiger partial charge in [-0.3, -0.25) is 0 Å². The van der Waals surface area contributed by atoms with Crippen LogP contribution in [0, 0.1) is 0 Å². The molecule has 2 heterocycles. The standard InChI is InChI=1S/C40H27NO/c1-3-13-32-34(4-2)41-39-33-20-11-12-21-35(33)42-40(38(32)39)37-30-18-9-7-16-28(30)36(29-17-8-10-19-31(29)37)27-23-22-25-14-5-6-15-26(25)24-27/h3-24H,1H2,2H3/b32-13+,34-4+. The Morgan fingerprint density at radius 3 is 1.88 bits per heavy atom. The molecule has 2 heteroatoms. The first-order valence-corrected chi connectivity index (χ1v) is 14.3. The average molecular weight is 538 g/mol. The van der Waals surface area contributed by atoms with Crippen molar-refractivity contribution in [2.24, 2.45) is 0 Å². The van der Waals surface area contributed by atoms with Gasteiger partial charge in [0.15, 0.2) is 0 Å². The second-order valence-corrected chi connectivity index (χ2v) is 10.7. The number of para-hydroxylation sites is 1. The molecule has 0 spiro atoms. The third kappa shape index (κ3) is 3.55. The largest absolute Gasteiger partial charge is 0.455 e. The van der Waals surface area contributed by atoms with Crippen molar-refractivity contribution >= 4 is 55.4 Å². The molecular formula is C40H27NO. The van der Waals surface area contributed by atoms with E-state index in [2.05, 4.69) is 110 Å². The first-order valence-electron chi connectivity index (χ1n) is 14.3. The number of fused-ring (bicyclic) bond motifs is 6. The molecule has 198 valence electrons. The molecule has 0 bridgehead atoms. The molecule has 0 aromatic heterocycles. The van der Waals surface area contributed by atoms with Crippen molar-refractivity contribution in [3.63, 3.8) is 0 Å². The van der Waals surface area contributed by atoms with Gasteiger partial charge in [-0.15, -0.1) is 0 Å². The molecule has 2 aliphatic heterocycles. The highest BCUT2D eigenvalue weighted by Crippen LogP contribution is 2.47. The summed E-state index contributed by atoms with van der Waals surface area (Å²) in [6.45, 7) is 6.05. The number of rotatable bonds is 3. The quantitative estimate of drug-likeness (QED) is 0.210.